The number of nitrogens with zero attached hydrogens (tertiary/aromatic N) is 1. The quantitative estimate of drug-likeness (QED) is 0.737. The van der Waals surface area contributed by atoms with Crippen LogP contribution in [-0.4, -0.2) is 16.6 Å². The lowest BCUT2D eigenvalue weighted by Crippen LogP contribution is -2.11. The topological polar surface area (TPSA) is 59.1 Å². The van der Waals surface area contributed by atoms with Crippen LogP contribution in [0.25, 0.3) is 0 Å². The van der Waals surface area contributed by atoms with Crippen molar-refractivity contribution >= 4 is 11.3 Å². The number of hydrogen-bond acceptors (Lipinski definition) is 4. The molecule has 0 aromatic carbocycles. The molecule has 1 fully saturated rings. The number of aromatic nitrogens is 1. The highest BCUT2D eigenvalue weighted by Crippen LogP contribution is 2.41. The number of nitrogens with two attached hydrogens (primary N) is 1. The lowest BCUT2D eigenvalue weighted by molar-refractivity contribution is 0.182. The molecule has 1 aromatic rings. The van der Waals surface area contributed by atoms with E-state index < -0.39 is 6.10 Å². The summed E-state index contributed by atoms with van der Waals surface area (Å²) in [5.74, 6) is 0.675. The van der Waals surface area contributed by atoms with E-state index in [9.17, 15) is 5.11 Å². The monoisotopic (exact) mass is 184 g/mol. The first kappa shape index (κ1) is 8.16. The minimum Gasteiger partial charge on any atom is -0.385 e. The average molecular weight is 184 g/mol. The van der Waals surface area contributed by atoms with Gasteiger partial charge in [0.05, 0.1) is 10.7 Å². The van der Waals surface area contributed by atoms with Gasteiger partial charge in [-0.25, -0.2) is 4.98 Å². The smallest absolute Gasteiger partial charge is 0.109 e. The van der Waals surface area contributed by atoms with Crippen LogP contribution in [0.3, 0.4) is 0 Å². The summed E-state index contributed by atoms with van der Waals surface area (Å²) in [6, 6.07) is 0. The van der Waals surface area contributed by atoms with Crippen molar-refractivity contribution in [3.05, 3.63) is 16.1 Å². The molecule has 1 atom stereocenters. The molecule has 0 radical (unpaired) electrons. The van der Waals surface area contributed by atoms with Crippen LogP contribution in [0.5, 0.6) is 0 Å². The number of thiazole rings is 1. The molecule has 0 aliphatic heterocycles. The van der Waals surface area contributed by atoms with Crippen molar-refractivity contribution in [1.82, 2.24) is 4.98 Å². The summed E-state index contributed by atoms with van der Waals surface area (Å²) < 4.78 is 0. The van der Waals surface area contributed by atoms with Gasteiger partial charge in [0.25, 0.3) is 0 Å². The summed E-state index contributed by atoms with van der Waals surface area (Å²) >= 11 is 1.64. The fraction of sp³-hybridized carbons (Fsp3) is 0.625. The Bertz CT molecular complexity index is 270. The second kappa shape index (κ2) is 3.12. The standard InChI is InChI=1S/C8H12N2OS/c9-3-7(11)6-4-12-8(10-6)5-1-2-5/h4-5,7,11H,1-3,9H2. The molecule has 12 heavy (non-hydrogen) atoms. The second-order valence-electron chi connectivity index (χ2n) is 3.14. The molecule has 1 heterocycles. The first-order valence-corrected chi connectivity index (χ1v) is 5.02. The maximum Gasteiger partial charge on any atom is 0.109 e. The van der Waals surface area contributed by atoms with Crippen molar-refractivity contribution in [2.45, 2.75) is 24.9 Å². The highest BCUT2D eigenvalue weighted by Gasteiger charge is 2.27. The van der Waals surface area contributed by atoms with E-state index in [0.717, 1.165) is 10.7 Å². The fourth-order valence-corrected chi connectivity index (χ4v) is 2.13. The summed E-state index contributed by atoms with van der Waals surface area (Å²) in [5, 5.41) is 12.4. The van der Waals surface area contributed by atoms with Gasteiger partial charge >= 0.3 is 0 Å². The van der Waals surface area contributed by atoms with E-state index in [1.54, 1.807) is 11.3 Å². The lowest BCUT2D eigenvalue weighted by Gasteiger charge is -2.01. The Kier molecular flexibility index (Phi) is 2.12. The van der Waals surface area contributed by atoms with Crippen molar-refractivity contribution in [2.75, 3.05) is 6.54 Å². The molecule has 3 nitrogen and oxygen atoms in total. The van der Waals surface area contributed by atoms with Crippen molar-refractivity contribution < 1.29 is 5.11 Å². The Morgan fingerprint density at radius 1 is 1.75 bits per heavy atom. The predicted molar refractivity (Wildman–Crippen MR) is 48.1 cm³/mol. The van der Waals surface area contributed by atoms with Crippen molar-refractivity contribution in [1.29, 1.82) is 0 Å². The Balaban J connectivity index is 2.12. The molecule has 0 spiro atoms. The van der Waals surface area contributed by atoms with Gasteiger partial charge in [-0.05, 0) is 12.8 Å². The van der Waals surface area contributed by atoms with Gasteiger partial charge in [-0.2, -0.15) is 0 Å². The molecule has 1 unspecified atom stereocenters. The summed E-state index contributed by atoms with van der Waals surface area (Å²) in [4.78, 5) is 4.33. The van der Waals surface area contributed by atoms with E-state index in [2.05, 4.69) is 4.98 Å². The van der Waals surface area contributed by atoms with Crippen LogP contribution in [0.2, 0.25) is 0 Å². The predicted octanol–water partition coefficient (Wildman–Crippen LogP) is 1.01. The fourth-order valence-electron chi connectivity index (χ4n) is 1.09. The molecule has 1 aromatic heterocycles. The van der Waals surface area contributed by atoms with Crippen LogP contribution in [-0.2, 0) is 0 Å². The zero-order valence-corrected chi connectivity index (χ0v) is 7.55. The van der Waals surface area contributed by atoms with Gasteiger partial charge < -0.3 is 10.8 Å². The zero-order valence-electron chi connectivity index (χ0n) is 6.73. The minimum atomic E-state index is -0.575. The van der Waals surface area contributed by atoms with Crippen LogP contribution in [0, 0.1) is 0 Å². The Morgan fingerprint density at radius 3 is 3.08 bits per heavy atom. The molecule has 1 saturated carbocycles. The highest BCUT2D eigenvalue weighted by atomic mass is 32.1. The van der Waals surface area contributed by atoms with Gasteiger partial charge in [-0.1, -0.05) is 0 Å². The van der Waals surface area contributed by atoms with E-state index in [4.69, 9.17) is 5.73 Å². The molecular weight excluding hydrogens is 172 g/mol. The second-order valence-corrected chi connectivity index (χ2v) is 4.03. The molecular formula is C8H12N2OS. The van der Waals surface area contributed by atoms with Gasteiger partial charge in [0, 0.05) is 17.8 Å². The molecule has 0 saturated heterocycles. The van der Waals surface area contributed by atoms with Gasteiger partial charge in [-0.3, -0.25) is 0 Å². The van der Waals surface area contributed by atoms with Crippen LogP contribution >= 0.6 is 11.3 Å². The van der Waals surface area contributed by atoms with Gasteiger partial charge in [0.15, 0.2) is 0 Å². The molecule has 0 bridgehead atoms. The molecule has 1 aliphatic carbocycles. The summed E-state index contributed by atoms with van der Waals surface area (Å²) in [6.07, 6.45) is 1.94. The molecule has 0 amide bonds. The first-order valence-electron chi connectivity index (χ1n) is 4.14. The Morgan fingerprint density at radius 2 is 2.50 bits per heavy atom. The first-order chi connectivity index (χ1) is 5.81. The molecule has 66 valence electrons. The van der Waals surface area contributed by atoms with Crippen LogP contribution < -0.4 is 5.73 Å². The lowest BCUT2D eigenvalue weighted by atomic mass is 10.3. The van der Waals surface area contributed by atoms with E-state index in [-0.39, 0.29) is 6.54 Å². The van der Waals surface area contributed by atoms with Gasteiger partial charge in [0.1, 0.15) is 6.10 Å². The van der Waals surface area contributed by atoms with Crippen molar-refractivity contribution in [3.8, 4) is 0 Å². The summed E-state index contributed by atoms with van der Waals surface area (Å²) in [6.45, 7) is 0.258. The van der Waals surface area contributed by atoms with Crippen molar-refractivity contribution in [2.24, 2.45) is 5.73 Å². The maximum absolute atomic E-state index is 9.36. The van der Waals surface area contributed by atoms with E-state index >= 15 is 0 Å². The van der Waals surface area contributed by atoms with Crippen LogP contribution in [0.1, 0.15) is 35.6 Å². The van der Waals surface area contributed by atoms with Crippen LogP contribution in [0.15, 0.2) is 5.38 Å². The summed E-state index contributed by atoms with van der Waals surface area (Å²) in [7, 11) is 0. The van der Waals surface area contributed by atoms with Crippen LogP contribution in [0.4, 0.5) is 0 Å². The van der Waals surface area contributed by atoms with E-state index in [0.29, 0.717) is 5.92 Å². The normalized spacial score (nSPS) is 19.5. The Hall–Kier alpha value is -0.450. The third-order valence-corrected chi connectivity index (χ3v) is 3.06. The molecule has 2 rings (SSSR count). The van der Waals surface area contributed by atoms with Gasteiger partial charge in [0.2, 0.25) is 0 Å². The number of aliphatic hydroxyl groups excluding tert-OH is 1. The summed E-state index contributed by atoms with van der Waals surface area (Å²) in [5.41, 5.74) is 6.06. The highest BCUT2D eigenvalue weighted by molar-refractivity contribution is 7.09. The zero-order chi connectivity index (χ0) is 8.55. The maximum atomic E-state index is 9.36. The largest absolute Gasteiger partial charge is 0.385 e. The molecule has 3 N–H and O–H groups in total. The number of aliphatic hydroxyl groups is 1. The van der Waals surface area contributed by atoms with Gasteiger partial charge in [-0.15, -0.1) is 11.3 Å². The number of rotatable bonds is 3. The van der Waals surface area contributed by atoms with E-state index in [1.807, 2.05) is 5.38 Å². The average Bonchev–Trinajstić information content (AvgIpc) is 2.83. The van der Waals surface area contributed by atoms with Crippen molar-refractivity contribution in [3.63, 3.8) is 0 Å². The minimum absolute atomic E-state index is 0.258. The molecule has 4 heteroatoms. The SMILES string of the molecule is NCC(O)c1csc(C2CC2)n1. The third-order valence-electron chi connectivity index (χ3n) is 2.03. The number of hydrogen-bond donors (Lipinski definition) is 2. The Labute approximate surface area is 75.2 Å². The van der Waals surface area contributed by atoms with E-state index in [1.165, 1.54) is 12.8 Å². The molecule has 1 aliphatic rings. The third kappa shape index (κ3) is 1.50.